The van der Waals surface area contributed by atoms with Gasteiger partial charge < -0.3 is 9.30 Å². The molecule has 0 aliphatic rings. The van der Waals surface area contributed by atoms with Gasteiger partial charge in [-0.3, -0.25) is 0 Å². The monoisotopic (exact) mass is 466 g/mol. The first-order chi connectivity index (χ1) is 17.1. The normalized spacial score (nSPS) is 11.5. The Bertz CT molecular complexity index is 1540. The van der Waals surface area contributed by atoms with Crippen LogP contribution in [0.5, 0.6) is 0 Å². The Morgan fingerprint density at radius 2 is 1.37 bits per heavy atom. The molecule has 5 rings (SSSR count). The fourth-order valence-corrected chi connectivity index (χ4v) is 3.86. The average Bonchev–Trinajstić information content (AvgIpc) is 3.21. The number of para-hydroxylation sites is 2. The molecule has 1 heterocycles. The molecule has 0 saturated carbocycles. The highest BCUT2D eigenvalue weighted by Crippen LogP contribution is 2.26. The second kappa shape index (κ2) is 9.73. The van der Waals surface area contributed by atoms with Crippen LogP contribution in [0.2, 0.25) is 0 Å². The smallest absolute Gasteiger partial charge is 0.346 e. The largest absolute Gasteiger partial charge is 0.422 e. The Hall–Kier alpha value is -4.58. The van der Waals surface area contributed by atoms with E-state index in [0.717, 1.165) is 16.6 Å². The number of carbonyl (C=O) groups is 1. The number of rotatable bonds is 6. The van der Waals surface area contributed by atoms with Crippen molar-refractivity contribution >= 4 is 28.8 Å². The summed E-state index contributed by atoms with van der Waals surface area (Å²) in [5, 5.41) is 0. The van der Waals surface area contributed by atoms with Crippen LogP contribution in [0.4, 0.5) is 8.78 Å². The molecule has 0 unspecified atom stereocenters. The lowest BCUT2D eigenvalue weighted by Gasteiger charge is -2.12. The number of carbonyl (C=O) groups excluding carboxylic acids is 1. The molecule has 0 atom stereocenters. The van der Waals surface area contributed by atoms with E-state index >= 15 is 0 Å². The van der Waals surface area contributed by atoms with Crippen LogP contribution in [-0.4, -0.2) is 15.5 Å². The van der Waals surface area contributed by atoms with Crippen molar-refractivity contribution < 1.29 is 18.3 Å². The predicted molar refractivity (Wildman–Crippen MR) is 131 cm³/mol. The van der Waals surface area contributed by atoms with Gasteiger partial charge >= 0.3 is 5.97 Å². The molecule has 0 aliphatic heterocycles. The van der Waals surface area contributed by atoms with Gasteiger partial charge in [-0.05, 0) is 42.0 Å². The summed E-state index contributed by atoms with van der Waals surface area (Å²) in [7, 11) is 0. The molecular formula is C29H20F2N2O2. The van der Waals surface area contributed by atoms with E-state index in [1.165, 1.54) is 42.5 Å². The molecule has 5 aromatic rings. The van der Waals surface area contributed by atoms with Gasteiger partial charge in [0.05, 0.1) is 22.2 Å². The average molecular weight is 466 g/mol. The quantitative estimate of drug-likeness (QED) is 0.206. The lowest BCUT2D eigenvalue weighted by atomic mass is 10.1. The van der Waals surface area contributed by atoms with E-state index in [-0.39, 0.29) is 16.9 Å². The van der Waals surface area contributed by atoms with Crippen LogP contribution in [0.25, 0.3) is 22.9 Å². The van der Waals surface area contributed by atoms with Gasteiger partial charge in [0.15, 0.2) is 0 Å². The highest BCUT2D eigenvalue weighted by Gasteiger charge is 2.20. The Balaban J connectivity index is 1.64. The second-order valence-electron chi connectivity index (χ2n) is 7.89. The van der Waals surface area contributed by atoms with Crippen molar-refractivity contribution in [2.45, 2.75) is 6.54 Å². The zero-order valence-electron chi connectivity index (χ0n) is 18.6. The third-order valence-corrected chi connectivity index (χ3v) is 5.56. The molecule has 0 saturated heterocycles. The predicted octanol–water partition coefficient (Wildman–Crippen LogP) is 6.72. The molecule has 172 valence electrons. The van der Waals surface area contributed by atoms with Crippen LogP contribution in [0, 0.1) is 11.6 Å². The molecule has 4 aromatic carbocycles. The first kappa shape index (κ1) is 22.2. The lowest BCUT2D eigenvalue weighted by Crippen LogP contribution is -2.09. The van der Waals surface area contributed by atoms with Gasteiger partial charge in [-0.25, -0.2) is 18.6 Å². The summed E-state index contributed by atoms with van der Waals surface area (Å²) in [5.74, 6) is -1.83. The summed E-state index contributed by atoms with van der Waals surface area (Å²) < 4.78 is 36.6. The molecule has 0 aliphatic carbocycles. The van der Waals surface area contributed by atoms with E-state index < -0.39 is 17.6 Å². The Morgan fingerprint density at radius 3 is 2.09 bits per heavy atom. The maximum absolute atomic E-state index is 14.8. The van der Waals surface area contributed by atoms with Gasteiger partial charge in [-0.1, -0.05) is 66.7 Å². The van der Waals surface area contributed by atoms with E-state index in [9.17, 15) is 13.6 Å². The molecule has 1 aromatic heterocycles. The van der Waals surface area contributed by atoms with E-state index in [2.05, 4.69) is 0 Å². The van der Waals surface area contributed by atoms with Gasteiger partial charge in [0.1, 0.15) is 23.2 Å². The number of halogens is 2. The SMILES string of the molecule is O=C(O/C(=C/c1nc2ccccc2n1Cc1ccccc1)c1ccccc1F)c1ccccc1F. The molecule has 0 bridgehead atoms. The number of fused-ring (bicyclic) bond motifs is 1. The van der Waals surface area contributed by atoms with Crippen molar-refractivity contribution in [3.8, 4) is 0 Å². The summed E-state index contributed by atoms with van der Waals surface area (Å²) in [6.07, 6.45) is 1.51. The fourth-order valence-electron chi connectivity index (χ4n) is 3.86. The molecular weight excluding hydrogens is 446 g/mol. The van der Waals surface area contributed by atoms with Gasteiger partial charge in [0.25, 0.3) is 0 Å². The Kier molecular flexibility index (Phi) is 6.18. The Labute approximate surface area is 200 Å². The second-order valence-corrected chi connectivity index (χ2v) is 7.89. The van der Waals surface area contributed by atoms with Gasteiger partial charge in [0.2, 0.25) is 0 Å². The lowest BCUT2D eigenvalue weighted by molar-refractivity contribution is 0.0688. The topological polar surface area (TPSA) is 44.1 Å². The number of hydrogen-bond acceptors (Lipinski definition) is 3. The number of hydrogen-bond donors (Lipinski definition) is 0. The molecule has 0 spiro atoms. The number of aromatic nitrogens is 2. The number of ether oxygens (including phenoxy) is 1. The highest BCUT2D eigenvalue weighted by atomic mass is 19.1. The minimum absolute atomic E-state index is 0.0653. The number of esters is 1. The van der Waals surface area contributed by atoms with Crippen molar-refractivity contribution in [3.05, 3.63) is 137 Å². The zero-order valence-corrected chi connectivity index (χ0v) is 18.6. The third kappa shape index (κ3) is 4.73. The van der Waals surface area contributed by atoms with E-state index in [1.54, 1.807) is 12.1 Å². The standard InChI is InChI=1S/C29H20F2N2O2/c30-23-14-6-4-12-21(23)27(35-29(34)22-13-5-7-15-24(22)31)18-28-32-25-16-8-9-17-26(25)33(28)19-20-10-2-1-3-11-20/h1-18H,19H2/b27-18+. The van der Waals surface area contributed by atoms with Gasteiger partial charge in [-0.15, -0.1) is 0 Å². The summed E-state index contributed by atoms with van der Waals surface area (Å²) in [4.78, 5) is 17.5. The minimum Gasteiger partial charge on any atom is -0.422 e. The fraction of sp³-hybridized carbons (Fsp3) is 0.0345. The van der Waals surface area contributed by atoms with Crippen LogP contribution in [0.15, 0.2) is 103 Å². The molecule has 35 heavy (non-hydrogen) atoms. The van der Waals surface area contributed by atoms with Crippen molar-refractivity contribution in [1.82, 2.24) is 9.55 Å². The summed E-state index contributed by atoms with van der Waals surface area (Å²) in [5.41, 5.74) is 2.48. The highest BCUT2D eigenvalue weighted by molar-refractivity contribution is 5.95. The molecule has 4 nitrogen and oxygen atoms in total. The van der Waals surface area contributed by atoms with Crippen LogP contribution in [-0.2, 0) is 11.3 Å². The molecule has 0 radical (unpaired) electrons. The maximum atomic E-state index is 14.8. The van der Waals surface area contributed by atoms with Crippen LogP contribution >= 0.6 is 0 Å². The first-order valence-corrected chi connectivity index (χ1v) is 11.0. The number of imidazole rings is 1. The third-order valence-electron chi connectivity index (χ3n) is 5.56. The van der Waals surface area contributed by atoms with Gasteiger partial charge in [-0.2, -0.15) is 0 Å². The summed E-state index contributed by atoms with van der Waals surface area (Å²) in [6, 6.07) is 28.9. The van der Waals surface area contributed by atoms with Crippen LogP contribution in [0.1, 0.15) is 27.3 Å². The van der Waals surface area contributed by atoms with Crippen molar-refractivity contribution in [2.75, 3.05) is 0 Å². The van der Waals surface area contributed by atoms with E-state index in [0.29, 0.717) is 12.4 Å². The number of nitrogens with zero attached hydrogens (tertiary/aromatic N) is 2. The molecule has 0 amide bonds. The maximum Gasteiger partial charge on any atom is 0.346 e. The summed E-state index contributed by atoms with van der Waals surface area (Å²) in [6.45, 7) is 0.499. The molecule has 0 N–H and O–H groups in total. The van der Waals surface area contributed by atoms with E-state index in [4.69, 9.17) is 9.72 Å². The Morgan fingerprint density at radius 1 is 0.771 bits per heavy atom. The van der Waals surface area contributed by atoms with Crippen LogP contribution < -0.4 is 0 Å². The van der Waals surface area contributed by atoms with Crippen molar-refractivity contribution in [1.29, 1.82) is 0 Å². The molecule has 6 heteroatoms. The number of benzene rings is 4. The van der Waals surface area contributed by atoms with E-state index in [1.807, 2.05) is 59.2 Å². The summed E-state index contributed by atoms with van der Waals surface area (Å²) >= 11 is 0. The van der Waals surface area contributed by atoms with Crippen molar-refractivity contribution in [3.63, 3.8) is 0 Å². The van der Waals surface area contributed by atoms with Gasteiger partial charge in [0, 0.05) is 12.6 Å². The van der Waals surface area contributed by atoms with Crippen LogP contribution in [0.3, 0.4) is 0 Å². The zero-order chi connectivity index (χ0) is 24.2. The van der Waals surface area contributed by atoms with Crippen molar-refractivity contribution in [2.24, 2.45) is 0 Å². The molecule has 0 fully saturated rings. The first-order valence-electron chi connectivity index (χ1n) is 11.0. The minimum atomic E-state index is -0.927.